The third kappa shape index (κ3) is 3.84. The van der Waals surface area contributed by atoms with Crippen LogP contribution in [0, 0.1) is 0 Å². The van der Waals surface area contributed by atoms with Gasteiger partial charge >= 0.3 is 5.97 Å². The van der Waals surface area contributed by atoms with Crippen LogP contribution in [0.25, 0.3) is 0 Å². The van der Waals surface area contributed by atoms with Gasteiger partial charge in [-0.05, 0) is 31.9 Å². The fraction of sp³-hybridized carbons (Fsp3) is 0.462. The minimum atomic E-state index is -0.418. The lowest BCUT2D eigenvalue weighted by Crippen LogP contribution is -2.38. The number of esters is 1. The van der Waals surface area contributed by atoms with Crippen LogP contribution in [0.1, 0.15) is 30.1 Å². The summed E-state index contributed by atoms with van der Waals surface area (Å²) in [7, 11) is 0. The van der Waals surface area contributed by atoms with Crippen LogP contribution in [-0.2, 0) is 9.53 Å². The van der Waals surface area contributed by atoms with E-state index in [2.05, 4.69) is 4.98 Å². The zero-order chi connectivity index (χ0) is 14.7. The van der Waals surface area contributed by atoms with Crippen molar-refractivity contribution in [1.29, 1.82) is 0 Å². The van der Waals surface area contributed by atoms with Crippen molar-refractivity contribution in [3.63, 3.8) is 0 Å². The van der Waals surface area contributed by atoms with Crippen LogP contribution in [0.5, 0.6) is 0 Å². The molecule has 1 fully saturated rings. The van der Waals surface area contributed by atoms with Gasteiger partial charge in [0.2, 0.25) is 0 Å². The fourth-order valence-electron chi connectivity index (χ4n) is 1.85. The first kappa shape index (κ1) is 15.1. The molecule has 2 rings (SSSR count). The SMILES string of the molecule is CCOC(=O)CN(C(=O)c1cc(Cl)nc(Cl)c1)C1CC1. The Kier molecular flexibility index (Phi) is 4.83. The minimum absolute atomic E-state index is 0.0606. The number of hydrogen-bond acceptors (Lipinski definition) is 4. The van der Waals surface area contributed by atoms with Crippen molar-refractivity contribution in [2.45, 2.75) is 25.8 Å². The molecular weight excluding hydrogens is 303 g/mol. The van der Waals surface area contributed by atoms with Crippen molar-refractivity contribution in [1.82, 2.24) is 9.88 Å². The van der Waals surface area contributed by atoms with Gasteiger partial charge in [-0.25, -0.2) is 4.98 Å². The number of aromatic nitrogens is 1. The molecule has 0 spiro atoms. The molecule has 1 aliphatic rings. The molecule has 0 N–H and O–H groups in total. The van der Waals surface area contributed by atoms with E-state index in [0.29, 0.717) is 12.2 Å². The number of ether oxygens (including phenoxy) is 1. The van der Waals surface area contributed by atoms with Crippen LogP contribution in [0.3, 0.4) is 0 Å². The van der Waals surface area contributed by atoms with Crippen molar-refractivity contribution >= 4 is 35.1 Å². The van der Waals surface area contributed by atoms with Gasteiger partial charge in [0.05, 0.1) is 6.61 Å². The van der Waals surface area contributed by atoms with Gasteiger partial charge in [-0.15, -0.1) is 0 Å². The van der Waals surface area contributed by atoms with Crippen LogP contribution in [0.4, 0.5) is 0 Å². The van der Waals surface area contributed by atoms with Gasteiger partial charge < -0.3 is 9.64 Å². The Morgan fingerprint density at radius 3 is 2.45 bits per heavy atom. The molecule has 0 bridgehead atoms. The number of pyridine rings is 1. The summed E-state index contributed by atoms with van der Waals surface area (Å²) in [5, 5.41) is 0.292. The Bertz CT molecular complexity index is 512. The van der Waals surface area contributed by atoms with E-state index < -0.39 is 5.97 Å². The summed E-state index contributed by atoms with van der Waals surface area (Å²) >= 11 is 11.6. The van der Waals surface area contributed by atoms with Gasteiger partial charge in [0.25, 0.3) is 5.91 Å². The lowest BCUT2D eigenvalue weighted by molar-refractivity contribution is -0.144. The van der Waals surface area contributed by atoms with Crippen LogP contribution in [0.15, 0.2) is 12.1 Å². The van der Waals surface area contributed by atoms with Gasteiger partial charge in [0.15, 0.2) is 0 Å². The average Bonchev–Trinajstić information content (AvgIpc) is 3.18. The standard InChI is InChI=1S/C13H14Cl2N2O3/c1-2-20-12(18)7-17(9-3-4-9)13(19)8-5-10(14)16-11(15)6-8/h5-6,9H,2-4,7H2,1H3. The van der Waals surface area contributed by atoms with Gasteiger partial charge in [-0.2, -0.15) is 0 Å². The van der Waals surface area contributed by atoms with Crippen molar-refractivity contribution in [2.75, 3.05) is 13.2 Å². The molecule has 1 aromatic rings. The summed E-state index contributed by atoms with van der Waals surface area (Å²) in [6, 6.07) is 2.96. The van der Waals surface area contributed by atoms with Crippen LogP contribution in [0.2, 0.25) is 10.3 Å². The normalized spacial score (nSPS) is 13.9. The van der Waals surface area contributed by atoms with Crippen LogP contribution >= 0.6 is 23.2 Å². The monoisotopic (exact) mass is 316 g/mol. The smallest absolute Gasteiger partial charge is 0.325 e. The molecule has 0 unspecified atom stereocenters. The molecule has 1 amide bonds. The molecule has 1 aromatic heterocycles. The van der Waals surface area contributed by atoms with Crippen LogP contribution in [-0.4, -0.2) is 41.0 Å². The van der Waals surface area contributed by atoms with E-state index in [0.717, 1.165) is 12.8 Å². The number of carbonyl (C=O) groups excluding carboxylic acids is 2. The second kappa shape index (κ2) is 6.41. The second-order valence-corrected chi connectivity index (χ2v) is 5.25. The number of halogens is 2. The highest BCUT2D eigenvalue weighted by Gasteiger charge is 2.34. The Balaban J connectivity index is 2.16. The molecule has 0 aromatic carbocycles. The van der Waals surface area contributed by atoms with Crippen molar-refractivity contribution in [2.24, 2.45) is 0 Å². The maximum Gasteiger partial charge on any atom is 0.325 e. The zero-order valence-electron chi connectivity index (χ0n) is 10.9. The van der Waals surface area contributed by atoms with Crippen molar-refractivity contribution in [3.8, 4) is 0 Å². The van der Waals surface area contributed by atoms with Crippen molar-refractivity contribution < 1.29 is 14.3 Å². The van der Waals surface area contributed by atoms with Gasteiger partial charge in [0.1, 0.15) is 16.9 Å². The summed E-state index contributed by atoms with van der Waals surface area (Å²) in [5.41, 5.74) is 0.325. The highest BCUT2D eigenvalue weighted by molar-refractivity contribution is 6.33. The highest BCUT2D eigenvalue weighted by Crippen LogP contribution is 2.29. The molecule has 1 heterocycles. The predicted octanol–water partition coefficient (Wildman–Crippen LogP) is 2.56. The van der Waals surface area contributed by atoms with E-state index in [1.54, 1.807) is 6.92 Å². The molecule has 0 radical (unpaired) electrons. The molecular formula is C13H14Cl2N2O3. The predicted molar refractivity (Wildman–Crippen MR) is 74.9 cm³/mol. The molecule has 5 nitrogen and oxygen atoms in total. The van der Waals surface area contributed by atoms with E-state index in [-0.39, 0.29) is 28.8 Å². The first-order valence-electron chi connectivity index (χ1n) is 6.31. The molecule has 20 heavy (non-hydrogen) atoms. The Labute approximate surface area is 126 Å². The molecule has 1 saturated carbocycles. The quantitative estimate of drug-likeness (QED) is 0.618. The lowest BCUT2D eigenvalue weighted by Gasteiger charge is -2.21. The molecule has 1 aliphatic carbocycles. The van der Waals surface area contributed by atoms with Gasteiger partial charge in [0, 0.05) is 11.6 Å². The molecule has 108 valence electrons. The second-order valence-electron chi connectivity index (χ2n) is 4.47. The first-order valence-corrected chi connectivity index (χ1v) is 7.06. The molecule has 0 aliphatic heterocycles. The van der Waals surface area contributed by atoms with Gasteiger partial charge in [-0.3, -0.25) is 9.59 Å². The third-order valence-electron chi connectivity index (χ3n) is 2.86. The van der Waals surface area contributed by atoms with E-state index in [4.69, 9.17) is 27.9 Å². The number of amides is 1. The Morgan fingerprint density at radius 1 is 1.35 bits per heavy atom. The minimum Gasteiger partial charge on any atom is -0.465 e. The first-order chi connectivity index (χ1) is 9.51. The molecule has 7 heteroatoms. The number of rotatable bonds is 5. The fourth-order valence-corrected chi connectivity index (χ4v) is 2.31. The largest absolute Gasteiger partial charge is 0.465 e. The highest BCUT2D eigenvalue weighted by atomic mass is 35.5. The third-order valence-corrected chi connectivity index (χ3v) is 3.25. The summed E-state index contributed by atoms with van der Waals surface area (Å²) < 4.78 is 4.89. The number of nitrogens with zero attached hydrogens (tertiary/aromatic N) is 2. The summed E-state index contributed by atoms with van der Waals surface area (Å²) in [6.45, 7) is 1.96. The number of carbonyl (C=O) groups is 2. The van der Waals surface area contributed by atoms with Crippen molar-refractivity contribution in [3.05, 3.63) is 28.0 Å². The average molecular weight is 317 g/mol. The van der Waals surface area contributed by atoms with Crippen LogP contribution < -0.4 is 0 Å². The van der Waals surface area contributed by atoms with Gasteiger partial charge in [-0.1, -0.05) is 23.2 Å². The van der Waals surface area contributed by atoms with E-state index in [1.165, 1.54) is 17.0 Å². The number of hydrogen-bond donors (Lipinski definition) is 0. The molecule has 0 atom stereocenters. The molecule has 0 saturated heterocycles. The topological polar surface area (TPSA) is 59.5 Å². The van der Waals surface area contributed by atoms with E-state index in [9.17, 15) is 9.59 Å². The maximum atomic E-state index is 12.4. The van der Waals surface area contributed by atoms with E-state index >= 15 is 0 Å². The zero-order valence-corrected chi connectivity index (χ0v) is 12.4. The summed E-state index contributed by atoms with van der Waals surface area (Å²) in [4.78, 5) is 29.3. The maximum absolute atomic E-state index is 12.4. The lowest BCUT2D eigenvalue weighted by atomic mass is 10.2. The summed E-state index contributed by atoms with van der Waals surface area (Å²) in [6.07, 6.45) is 1.77. The Hall–Kier alpha value is -1.33. The van der Waals surface area contributed by atoms with E-state index in [1.807, 2.05) is 0 Å². The summed E-state index contributed by atoms with van der Waals surface area (Å²) in [5.74, 6) is -0.703. The Morgan fingerprint density at radius 2 is 1.95 bits per heavy atom.